The number of hydrogen-bond acceptors (Lipinski definition) is 3. The Balaban J connectivity index is 1.91. The molecule has 0 spiro atoms. The smallest absolute Gasteiger partial charge is 0.410 e. The highest BCUT2D eigenvalue weighted by Crippen LogP contribution is 2.10. The van der Waals surface area contributed by atoms with Gasteiger partial charge in [0.05, 0.1) is 13.2 Å². The van der Waals surface area contributed by atoms with E-state index in [1.54, 1.807) is 29.2 Å². The van der Waals surface area contributed by atoms with Gasteiger partial charge in [-0.25, -0.2) is 4.79 Å². The molecule has 2 rings (SSSR count). The number of carbonyl (C=O) groups is 1. The van der Waals surface area contributed by atoms with Gasteiger partial charge < -0.3 is 14.4 Å². The summed E-state index contributed by atoms with van der Waals surface area (Å²) < 4.78 is 10.3. The molecule has 79 valence electrons. The molecule has 0 aliphatic carbocycles. The predicted molar refractivity (Wildman–Crippen MR) is 53.7 cm³/mol. The van der Waals surface area contributed by atoms with Crippen LogP contribution in [0, 0.1) is 6.07 Å². The molecule has 0 aromatic heterocycles. The standard InChI is InChI=1S/C11H12NO3/c13-11(12-6-8-14-9-7-12)15-10-4-2-1-3-5-10/h1-2,4-5H,6-9H2. The number of amides is 1. The maximum absolute atomic E-state index is 11.6. The van der Waals surface area contributed by atoms with Crippen molar-refractivity contribution in [3.05, 3.63) is 30.3 Å². The molecule has 1 radical (unpaired) electrons. The predicted octanol–water partition coefficient (Wildman–Crippen LogP) is 1.32. The third-order valence-electron chi connectivity index (χ3n) is 2.15. The fourth-order valence-electron chi connectivity index (χ4n) is 1.35. The molecule has 4 nitrogen and oxygen atoms in total. The zero-order chi connectivity index (χ0) is 10.5. The van der Waals surface area contributed by atoms with Gasteiger partial charge in [0.15, 0.2) is 0 Å². The molecule has 4 heteroatoms. The summed E-state index contributed by atoms with van der Waals surface area (Å²) in [5, 5.41) is 0. The van der Waals surface area contributed by atoms with Gasteiger partial charge in [0.2, 0.25) is 0 Å². The fraction of sp³-hybridized carbons (Fsp3) is 0.364. The van der Waals surface area contributed by atoms with Gasteiger partial charge in [-0.3, -0.25) is 0 Å². The van der Waals surface area contributed by atoms with Crippen molar-refractivity contribution in [2.45, 2.75) is 0 Å². The molecule has 1 aliphatic rings. The number of morpholine rings is 1. The molecule has 1 aromatic rings. The zero-order valence-corrected chi connectivity index (χ0v) is 8.31. The highest BCUT2D eigenvalue weighted by Gasteiger charge is 2.18. The van der Waals surface area contributed by atoms with Crippen molar-refractivity contribution in [2.24, 2.45) is 0 Å². The molecule has 1 saturated heterocycles. The van der Waals surface area contributed by atoms with Crippen LogP contribution in [-0.2, 0) is 4.74 Å². The lowest BCUT2D eigenvalue weighted by Gasteiger charge is -2.25. The van der Waals surface area contributed by atoms with Crippen LogP contribution in [0.1, 0.15) is 0 Å². The highest BCUT2D eigenvalue weighted by atomic mass is 16.6. The second-order valence-corrected chi connectivity index (χ2v) is 3.21. The van der Waals surface area contributed by atoms with Crippen LogP contribution in [0.2, 0.25) is 0 Å². The highest BCUT2D eigenvalue weighted by molar-refractivity contribution is 5.70. The zero-order valence-electron chi connectivity index (χ0n) is 8.31. The maximum Gasteiger partial charge on any atom is 0.415 e. The van der Waals surface area contributed by atoms with Crippen LogP contribution in [0.25, 0.3) is 0 Å². The Hall–Kier alpha value is -1.55. The molecule has 1 amide bonds. The first kappa shape index (κ1) is 9.98. The Labute approximate surface area is 88.4 Å². The first-order valence-corrected chi connectivity index (χ1v) is 4.87. The van der Waals surface area contributed by atoms with E-state index in [1.807, 2.05) is 0 Å². The Morgan fingerprint density at radius 1 is 1.47 bits per heavy atom. The van der Waals surface area contributed by atoms with E-state index in [0.29, 0.717) is 32.1 Å². The molecule has 0 N–H and O–H groups in total. The number of carbonyl (C=O) groups excluding carboxylic acids is 1. The summed E-state index contributed by atoms with van der Waals surface area (Å²) in [5.41, 5.74) is 0. The van der Waals surface area contributed by atoms with Crippen molar-refractivity contribution in [1.82, 2.24) is 4.90 Å². The summed E-state index contributed by atoms with van der Waals surface area (Å²) >= 11 is 0. The van der Waals surface area contributed by atoms with Gasteiger partial charge >= 0.3 is 6.09 Å². The average molecular weight is 206 g/mol. The van der Waals surface area contributed by atoms with Gasteiger partial charge in [0.1, 0.15) is 5.75 Å². The molecule has 0 saturated carbocycles. The second-order valence-electron chi connectivity index (χ2n) is 3.21. The molecule has 1 fully saturated rings. The van der Waals surface area contributed by atoms with E-state index in [1.165, 1.54) is 0 Å². The lowest BCUT2D eigenvalue weighted by molar-refractivity contribution is 0.0416. The van der Waals surface area contributed by atoms with Gasteiger partial charge in [0.25, 0.3) is 0 Å². The largest absolute Gasteiger partial charge is 0.415 e. The van der Waals surface area contributed by atoms with Crippen molar-refractivity contribution >= 4 is 6.09 Å². The van der Waals surface area contributed by atoms with Crippen molar-refractivity contribution < 1.29 is 14.3 Å². The summed E-state index contributed by atoms with van der Waals surface area (Å²) in [6, 6.07) is 9.75. The van der Waals surface area contributed by atoms with Crippen LogP contribution in [-0.4, -0.2) is 37.3 Å². The Morgan fingerprint density at radius 3 is 2.93 bits per heavy atom. The first-order valence-electron chi connectivity index (χ1n) is 4.87. The van der Waals surface area contributed by atoms with Crippen molar-refractivity contribution in [1.29, 1.82) is 0 Å². The Morgan fingerprint density at radius 2 is 2.27 bits per heavy atom. The van der Waals surface area contributed by atoms with Crippen LogP contribution >= 0.6 is 0 Å². The van der Waals surface area contributed by atoms with E-state index < -0.39 is 0 Å². The first-order chi connectivity index (χ1) is 7.36. The number of rotatable bonds is 1. The van der Waals surface area contributed by atoms with Crippen LogP contribution in [0.5, 0.6) is 5.75 Å². The Kier molecular flexibility index (Phi) is 3.19. The molecular formula is C11H12NO3. The van der Waals surface area contributed by atoms with Gasteiger partial charge in [-0.15, -0.1) is 0 Å². The molecule has 0 unspecified atom stereocenters. The molecule has 1 heterocycles. The van der Waals surface area contributed by atoms with Gasteiger partial charge in [0, 0.05) is 13.1 Å². The molecule has 1 aliphatic heterocycles. The lowest BCUT2D eigenvalue weighted by Crippen LogP contribution is -2.42. The van der Waals surface area contributed by atoms with Gasteiger partial charge in [-0.05, 0) is 18.2 Å². The van der Waals surface area contributed by atoms with Gasteiger partial charge in [-0.1, -0.05) is 12.1 Å². The summed E-state index contributed by atoms with van der Waals surface area (Å²) in [6.45, 7) is 2.34. The topological polar surface area (TPSA) is 38.8 Å². The minimum absolute atomic E-state index is 0.321. The number of ether oxygens (including phenoxy) is 2. The average Bonchev–Trinajstić information content (AvgIpc) is 2.31. The van der Waals surface area contributed by atoms with E-state index in [4.69, 9.17) is 9.47 Å². The van der Waals surface area contributed by atoms with Crippen LogP contribution in [0.15, 0.2) is 24.3 Å². The number of hydrogen-bond donors (Lipinski definition) is 0. The van der Waals surface area contributed by atoms with Crippen LogP contribution < -0.4 is 4.74 Å². The number of nitrogens with zero attached hydrogens (tertiary/aromatic N) is 1. The molecular weight excluding hydrogens is 194 g/mol. The summed E-state index contributed by atoms with van der Waals surface area (Å²) in [4.78, 5) is 13.2. The molecule has 0 atom stereocenters. The van der Waals surface area contributed by atoms with E-state index in [0.717, 1.165) is 0 Å². The van der Waals surface area contributed by atoms with Crippen LogP contribution in [0.3, 0.4) is 0 Å². The molecule has 1 aromatic carbocycles. The maximum atomic E-state index is 11.6. The minimum atomic E-state index is -0.321. The van der Waals surface area contributed by atoms with E-state index in [9.17, 15) is 4.79 Å². The molecule has 15 heavy (non-hydrogen) atoms. The normalized spacial score (nSPS) is 16.1. The van der Waals surface area contributed by atoms with Gasteiger partial charge in [-0.2, -0.15) is 0 Å². The summed E-state index contributed by atoms with van der Waals surface area (Å²) in [7, 11) is 0. The Bertz CT molecular complexity index is 320. The summed E-state index contributed by atoms with van der Waals surface area (Å²) in [5.74, 6) is 0.522. The van der Waals surface area contributed by atoms with E-state index >= 15 is 0 Å². The monoisotopic (exact) mass is 206 g/mol. The van der Waals surface area contributed by atoms with E-state index in [-0.39, 0.29) is 6.09 Å². The van der Waals surface area contributed by atoms with E-state index in [2.05, 4.69) is 6.07 Å². The lowest BCUT2D eigenvalue weighted by atomic mass is 10.3. The van der Waals surface area contributed by atoms with Crippen molar-refractivity contribution in [2.75, 3.05) is 26.3 Å². The van der Waals surface area contributed by atoms with Crippen molar-refractivity contribution in [3.8, 4) is 5.75 Å². The summed E-state index contributed by atoms with van der Waals surface area (Å²) in [6.07, 6.45) is -0.321. The second kappa shape index (κ2) is 4.79. The third kappa shape index (κ3) is 2.70. The number of benzene rings is 1. The quantitative estimate of drug-likeness (QED) is 0.695. The molecule has 0 bridgehead atoms. The van der Waals surface area contributed by atoms with Crippen molar-refractivity contribution in [3.63, 3.8) is 0 Å². The minimum Gasteiger partial charge on any atom is -0.410 e. The van der Waals surface area contributed by atoms with Crippen LogP contribution in [0.4, 0.5) is 4.79 Å². The SMILES string of the molecule is O=C(Oc1c[c]ccc1)N1CCOCC1. The third-order valence-corrected chi connectivity index (χ3v) is 2.15. The fourth-order valence-corrected chi connectivity index (χ4v) is 1.35.